The lowest BCUT2D eigenvalue weighted by molar-refractivity contribution is -0.116. The lowest BCUT2D eigenvalue weighted by atomic mass is 9.93. The number of nitrogens with zero attached hydrogens (tertiary/aromatic N) is 3. The van der Waals surface area contributed by atoms with E-state index in [1.807, 2.05) is 66.7 Å². The Balaban J connectivity index is 1.60. The highest BCUT2D eigenvalue weighted by Crippen LogP contribution is 2.33. The summed E-state index contributed by atoms with van der Waals surface area (Å²) in [6.45, 7) is 10.9. The number of para-hydroxylation sites is 1. The summed E-state index contributed by atoms with van der Waals surface area (Å²) in [4.78, 5) is 28.8. The minimum atomic E-state index is -0.304. The maximum Gasteiger partial charge on any atom is 0.322 e. The minimum absolute atomic E-state index is 0.0961. The van der Waals surface area contributed by atoms with Gasteiger partial charge in [0.25, 0.3) is 0 Å². The van der Waals surface area contributed by atoms with Crippen LogP contribution in [0.25, 0.3) is 16.9 Å². The van der Waals surface area contributed by atoms with Gasteiger partial charge < -0.3 is 20.3 Å². The smallest absolute Gasteiger partial charge is 0.322 e. The van der Waals surface area contributed by atoms with Crippen LogP contribution in [0.1, 0.15) is 70.4 Å². The molecular weight excluding hydrogens is 538 g/mol. The topological polar surface area (TPSA) is 88.5 Å². The van der Waals surface area contributed by atoms with Gasteiger partial charge in [-0.2, -0.15) is 5.10 Å². The van der Waals surface area contributed by atoms with E-state index in [1.54, 1.807) is 16.7 Å². The van der Waals surface area contributed by atoms with Gasteiger partial charge in [-0.1, -0.05) is 89.6 Å². The zero-order chi connectivity index (χ0) is 30.9. The van der Waals surface area contributed by atoms with Gasteiger partial charge in [-0.25, -0.2) is 9.48 Å². The van der Waals surface area contributed by atoms with Crippen molar-refractivity contribution < 1.29 is 14.3 Å². The van der Waals surface area contributed by atoms with Crippen molar-refractivity contribution in [1.29, 1.82) is 0 Å². The molecule has 1 heterocycles. The summed E-state index contributed by atoms with van der Waals surface area (Å²) in [6, 6.07) is 25.0. The molecule has 4 aromatic rings. The molecule has 0 radical (unpaired) electrons. The molecule has 2 N–H and O–H groups in total. The zero-order valence-electron chi connectivity index (χ0n) is 26.1. The predicted molar refractivity (Wildman–Crippen MR) is 174 cm³/mol. The average Bonchev–Trinajstić information content (AvgIpc) is 3.43. The molecule has 0 saturated carbocycles. The van der Waals surface area contributed by atoms with Crippen molar-refractivity contribution in [2.45, 2.75) is 59.3 Å². The van der Waals surface area contributed by atoms with Crippen molar-refractivity contribution >= 4 is 23.4 Å². The standard InChI is InChI=1S/C35H43N5O3/c1-7-8-21-39(35(42)37-34-29(24(2)3)15-12-16-30(34)25(4)5)23-33(41)36-32-22-31(26-13-10-9-11-14-26)38-40(32)27-17-19-28(43-6)20-18-27/h9-20,22,24-25H,7-8,21,23H2,1-6H3,(H,36,41)(H,37,42). The van der Waals surface area contributed by atoms with E-state index in [2.05, 4.69) is 57.4 Å². The second-order valence-corrected chi connectivity index (χ2v) is 11.3. The van der Waals surface area contributed by atoms with Crippen LogP contribution >= 0.6 is 0 Å². The minimum Gasteiger partial charge on any atom is -0.497 e. The van der Waals surface area contributed by atoms with Gasteiger partial charge in [-0.05, 0) is 53.6 Å². The molecule has 0 aliphatic carbocycles. The molecule has 0 bridgehead atoms. The number of ether oxygens (including phenoxy) is 1. The number of carbonyl (C=O) groups is 2. The lowest BCUT2D eigenvalue weighted by Crippen LogP contribution is -2.41. The molecule has 8 heteroatoms. The van der Waals surface area contributed by atoms with Gasteiger partial charge >= 0.3 is 6.03 Å². The van der Waals surface area contributed by atoms with Crippen molar-refractivity contribution in [3.8, 4) is 22.7 Å². The normalized spacial score (nSPS) is 11.1. The zero-order valence-corrected chi connectivity index (χ0v) is 26.1. The van der Waals surface area contributed by atoms with Crippen molar-refractivity contribution in [2.24, 2.45) is 0 Å². The summed E-state index contributed by atoms with van der Waals surface area (Å²) >= 11 is 0. The van der Waals surface area contributed by atoms with Crippen LogP contribution in [0.4, 0.5) is 16.3 Å². The molecule has 4 rings (SSSR count). The third-order valence-corrected chi connectivity index (χ3v) is 7.37. The van der Waals surface area contributed by atoms with Crippen molar-refractivity contribution in [3.05, 3.63) is 90.0 Å². The monoisotopic (exact) mass is 581 g/mol. The van der Waals surface area contributed by atoms with Crippen molar-refractivity contribution in [3.63, 3.8) is 0 Å². The number of anilines is 2. The highest BCUT2D eigenvalue weighted by atomic mass is 16.5. The highest BCUT2D eigenvalue weighted by molar-refractivity contribution is 5.97. The molecular formula is C35H43N5O3. The first-order valence-corrected chi connectivity index (χ1v) is 15.0. The van der Waals surface area contributed by atoms with Gasteiger partial charge in [0.2, 0.25) is 5.91 Å². The van der Waals surface area contributed by atoms with E-state index in [-0.39, 0.29) is 30.3 Å². The first kappa shape index (κ1) is 31.3. The fraction of sp³-hybridized carbons (Fsp3) is 0.343. The summed E-state index contributed by atoms with van der Waals surface area (Å²) in [6.07, 6.45) is 1.68. The van der Waals surface area contributed by atoms with Gasteiger partial charge in [-0.3, -0.25) is 4.79 Å². The van der Waals surface area contributed by atoms with Gasteiger partial charge in [0.1, 0.15) is 18.1 Å². The largest absolute Gasteiger partial charge is 0.497 e. The predicted octanol–water partition coefficient (Wildman–Crippen LogP) is 8.07. The third kappa shape index (κ3) is 7.83. The molecule has 0 atom stereocenters. The fourth-order valence-electron chi connectivity index (χ4n) is 4.98. The summed E-state index contributed by atoms with van der Waals surface area (Å²) in [5, 5.41) is 11.0. The van der Waals surface area contributed by atoms with Crippen LogP contribution in [-0.4, -0.2) is 46.8 Å². The van der Waals surface area contributed by atoms with Gasteiger partial charge in [0, 0.05) is 23.9 Å². The number of unbranched alkanes of at least 4 members (excludes halogenated alkanes) is 1. The maximum absolute atomic E-state index is 13.7. The van der Waals surface area contributed by atoms with Crippen LogP contribution in [0.15, 0.2) is 78.9 Å². The first-order valence-electron chi connectivity index (χ1n) is 15.0. The van der Waals surface area contributed by atoms with Crippen molar-refractivity contribution in [1.82, 2.24) is 14.7 Å². The van der Waals surface area contributed by atoms with Crippen LogP contribution in [0.5, 0.6) is 5.75 Å². The molecule has 226 valence electrons. The summed E-state index contributed by atoms with van der Waals surface area (Å²) in [5.74, 6) is 1.40. The Morgan fingerprint density at radius 2 is 1.53 bits per heavy atom. The SMILES string of the molecule is CCCCN(CC(=O)Nc1cc(-c2ccccc2)nn1-c1ccc(OC)cc1)C(=O)Nc1c(C(C)C)cccc1C(C)C. The van der Waals surface area contributed by atoms with Gasteiger partial charge in [0.15, 0.2) is 0 Å². The molecule has 0 fully saturated rings. The van der Waals surface area contributed by atoms with E-state index in [0.717, 1.165) is 52.4 Å². The van der Waals surface area contributed by atoms with Crippen LogP contribution in [0.2, 0.25) is 0 Å². The van der Waals surface area contributed by atoms with E-state index < -0.39 is 0 Å². The summed E-state index contributed by atoms with van der Waals surface area (Å²) in [7, 11) is 1.62. The molecule has 0 spiro atoms. The number of methoxy groups -OCH3 is 1. The quantitative estimate of drug-likeness (QED) is 0.177. The number of hydrogen-bond donors (Lipinski definition) is 2. The summed E-state index contributed by atoms with van der Waals surface area (Å²) in [5.41, 5.74) is 5.42. The third-order valence-electron chi connectivity index (χ3n) is 7.37. The van der Waals surface area contributed by atoms with E-state index in [0.29, 0.717) is 12.4 Å². The van der Waals surface area contributed by atoms with E-state index >= 15 is 0 Å². The average molecular weight is 582 g/mol. The van der Waals surface area contributed by atoms with Crippen LogP contribution < -0.4 is 15.4 Å². The molecule has 3 aromatic carbocycles. The number of amides is 3. The maximum atomic E-state index is 13.7. The Morgan fingerprint density at radius 3 is 2.12 bits per heavy atom. The number of rotatable bonds is 12. The van der Waals surface area contributed by atoms with E-state index in [9.17, 15) is 9.59 Å². The fourth-order valence-corrected chi connectivity index (χ4v) is 4.98. The Labute approximate surface area is 255 Å². The highest BCUT2D eigenvalue weighted by Gasteiger charge is 2.22. The summed E-state index contributed by atoms with van der Waals surface area (Å²) < 4.78 is 7.01. The van der Waals surface area contributed by atoms with Gasteiger partial charge in [0.05, 0.1) is 18.5 Å². The molecule has 0 unspecified atom stereocenters. The van der Waals surface area contributed by atoms with Crippen LogP contribution in [-0.2, 0) is 4.79 Å². The molecule has 1 aromatic heterocycles. The number of aromatic nitrogens is 2. The van der Waals surface area contributed by atoms with Crippen molar-refractivity contribution in [2.75, 3.05) is 30.8 Å². The molecule has 0 saturated heterocycles. The molecule has 8 nitrogen and oxygen atoms in total. The number of carbonyl (C=O) groups excluding carboxylic acids is 2. The Morgan fingerprint density at radius 1 is 0.884 bits per heavy atom. The Hall–Kier alpha value is -4.59. The van der Waals surface area contributed by atoms with E-state index in [4.69, 9.17) is 9.84 Å². The van der Waals surface area contributed by atoms with Crippen LogP contribution in [0.3, 0.4) is 0 Å². The first-order chi connectivity index (χ1) is 20.7. The Kier molecular flexibility index (Phi) is 10.6. The molecule has 43 heavy (non-hydrogen) atoms. The lowest BCUT2D eigenvalue weighted by Gasteiger charge is -2.26. The van der Waals surface area contributed by atoms with Crippen LogP contribution in [0, 0.1) is 0 Å². The van der Waals surface area contributed by atoms with E-state index in [1.165, 1.54) is 0 Å². The molecule has 0 aliphatic heterocycles. The Bertz CT molecular complexity index is 1480. The molecule has 0 aliphatic rings. The number of urea groups is 1. The second-order valence-electron chi connectivity index (χ2n) is 11.3. The van der Waals surface area contributed by atoms with Gasteiger partial charge in [-0.15, -0.1) is 0 Å². The second kappa shape index (κ2) is 14.5. The number of hydrogen-bond acceptors (Lipinski definition) is 4. The number of nitrogens with one attached hydrogen (secondary N) is 2. The number of benzene rings is 3. The molecule has 3 amide bonds.